The highest BCUT2D eigenvalue weighted by molar-refractivity contribution is 9.10. The summed E-state index contributed by atoms with van der Waals surface area (Å²) in [5, 5.41) is 17.5. The van der Waals surface area contributed by atoms with Gasteiger partial charge in [-0.25, -0.2) is 0 Å². The number of carboxylic acid groups (broad SMARTS) is 1. The molecule has 2 aromatic rings. The summed E-state index contributed by atoms with van der Waals surface area (Å²) in [6.07, 6.45) is 0. The van der Waals surface area contributed by atoms with Crippen LogP contribution in [0.1, 0.15) is 24.4 Å². The van der Waals surface area contributed by atoms with Crippen molar-refractivity contribution in [1.82, 2.24) is 14.8 Å². The van der Waals surface area contributed by atoms with Crippen molar-refractivity contribution in [3.8, 4) is 0 Å². The van der Waals surface area contributed by atoms with Crippen LogP contribution in [0, 0.1) is 6.92 Å². The molecule has 0 aliphatic rings. The summed E-state index contributed by atoms with van der Waals surface area (Å²) in [6.45, 7) is 3.91. The Kier molecular flexibility index (Phi) is 4.82. The first-order valence-corrected chi connectivity index (χ1v) is 7.78. The highest BCUT2D eigenvalue weighted by Gasteiger charge is 2.17. The molecule has 0 radical (unpaired) electrons. The van der Waals surface area contributed by atoms with Crippen molar-refractivity contribution in [3.63, 3.8) is 0 Å². The Hall–Kier alpha value is -1.34. The van der Waals surface area contributed by atoms with Gasteiger partial charge in [-0.05, 0) is 31.5 Å². The van der Waals surface area contributed by atoms with Gasteiger partial charge in [-0.2, -0.15) is 0 Å². The third-order valence-corrected chi connectivity index (χ3v) is 4.36. The predicted octanol–water partition coefficient (Wildman–Crippen LogP) is 3.14. The molecule has 1 atom stereocenters. The van der Waals surface area contributed by atoms with Gasteiger partial charge in [0.2, 0.25) is 0 Å². The fourth-order valence-corrected chi connectivity index (χ4v) is 2.96. The summed E-state index contributed by atoms with van der Waals surface area (Å²) >= 11 is 4.59. The summed E-state index contributed by atoms with van der Waals surface area (Å²) < 4.78 is 2.98. The van der Waals surface area contributed by atoms with Gasteiger partial charge in [-0.3, -0.25) is 9.36 Å². The van der Waals surface area contributed by atoms with Crippen molar-refractivity contribution in [2.24, 2.45) is 0 Å². The van der Waals surface area contributed by atoms with E-state index in [1.807, 2.05) is 42.7 Å². The number of rotatable bonds is 5. The SMILES string of the molecule is Cc1nnc(SCC(=O)O)n1C(C)c1ccc(Br)cc1. The number of aryl methyl sites for hydroxylation is 1. The Labute approximate surface area is 129 Å². The lowest BCUT2D eigenvalue weighted by molar-refractivity contribution is -0.133. The fourth-order valence-electron chi connectivity index (χ4n) is 1.91. The number of hydrogen-bond donors (Lipinski definition) is 1. The van der Waals surface area contributed by atoms with Crippen LogP contribution in [-0.2, 0) is 4.79 Å². The van der Waals surface area contributed by atoms with Gasteiger partial charge in [0, 0.05) is 4.47 Å². The molecule has 1 aromatic carbocycles. The molecule has 0 aliphatic carbocycles. The van der Waals surface area contributed by atoms with Gasteiger partial charge in [0.05, 0.1) is 11.8 Å². The Bertz CT molecular complexity index is 613. The second-order valence-corrected chi connectivity index (χ2v) is 6.17. The van der Waals surface area contributed by atoms with Crippen LogP contribution < -0.4 is 0 Å². The van der Waals surface area contributed by atoms with E-state index >= 15 is 0 Å². The van der Waals surface area contributed by atoms with Crippen LogP contribution in [0.4, 0.5) is 0 Å². The minimum Gasteiger partial charge on any atom is -0.481 e. The number of nitrogens with zero attached hydrogens (tertiary/aromatic N) is 3. The van der Waals surface area contributed by atoms with Crippen molar-refractivity contribution in [3.05, 3.63) is 40.1 Å². The number of thioether (sulfide) groups is 1. The predicted molar refractivity (Wildman–Crippen MR) is 81.1 cm³/mol. The maximum Gasteiger partial charge on any atom is 0.313 e. The zero-order valence-electron chi connectivity index (χ0n) is 11.1. The largest absolute Gasteiger partial charge is 0.481 e. The van der Waals surface area contributed by atoms with Crippen LogP contribution in [0.15, 0.2) is 33.9 Å². The standard InChI is InChI=1S/C13H14BrN3O2S/c1-8(10-3-5-11(14)6-4-10)17-9(2)15-16-13(17)20-7-12(18)19/h3-6,8H,7H2,1-2H3,(H,18,19). The van der Waals surface area contributed by atoms with Crippen LogP contribution in [0.25, 0.3) is 0 Å². The molecule has 1 unspecified atom stereocenters. The monoisotopic (exact) mass is 355 g/mol. The maximum absolute atomic E-state index is 10.7. The van der Waals surface area contributed by atoms with Crippen LogP contribution in [0.3, 0.4) is 0 Å². The lowest BCUT2D eigenvalue weighted by Crippen LogP contribution is -2.11. The van der Waals surface area contributed by atoms with Gasteiger partial charge in [0.25, 0.3) is 0 Å². The van der Waals surface area contributed by atoms with Gasteiger partial charge < -0.3 is 5.11 Å². The van der Waals surface area contributed by atoms with Gasteiger partial charge in [0.15, 0.2) is 5.16 Å². The van der Waals surface area contributed by atoms with Gasteiger partial charge in [-0.15, -0.1) is 10.2 Å². The van der Waals surface area contributed by atoms with Crippen molar-refractivity contribution in [2.75, 3.05) is 5.75 Å². The first-order valence-electron chi connectivity index (χ1n) is 6.00. The van der Waals surface area contributed by atoms with Crippen molar-refractivity contribution in [2.45, 2.75) is 25.0 Å². The number of hydrogen-bond acceptors (Lipinski definition) is 4. The molecule has 1 N–H and O–H groups in total. The zero-order valence-corrected chi connectivity index (χ0v) is 13.5. The molecule has 0 bridgehead atoms. The maximum atomic E-state index is 10.7. The van der Waals surface area contributed by atoms with Crippen LogP contribution in [-0.4, -0.2) is 31.6 Å². The van der Waals surface area contributed by atoms with E-state index in [4.69, 9.17) is 5.11 Å². The summed E-state index contributed by atoms with van der Waals surface area (Å²) in [6, 6.07) is 8.07. The zero-order chi connectivity index (χ0) is 14.7. The summed E-state index contributed by atoms with van der Waals surface area (Å²) in [7, 11) is 0. The van der Waals surface area contributed by atoms with Crippen molar-refractivity contribution >= 4 is 33.7 Å². The number of benzene rings is 1. The Morgan fingerprint density at radius 1 is 1.40 bits per heavy atom. The van der Waals surface area contributed by atoms with E-state index in [1.165, 1.54) is 11.8 Å². The van der Waals surface area contributed by atoms with Crippen LogP contribution in [0.5, 0.6) is 0 Å². The Morgan fingerprint density at radius 2 is 2.05 bits per heavy atom. The van der Waals surface area contributed by atoms with Crippen molar-refractivity contribution in [1.29, 1.82) is 0 Å². The van der Waals surface area contributed by atoms with E-state index in [1.54, 1.807) is 0 Å². The highest BCUT2D eigenvalue weighted by atomic mass is 79.9. The molecule has 20 heavy (non-hydrogen) atoms. The fraction of sp³-hybridized carbons (Fsp3) is 0.308. The topological polar surface area (TPSA) is 68.0 Å². The first-order chi connectivity index (χ1) is 9.49. The molecule has 0 amide bonds. The van der Waals surface area contributed by atoms with E-state index in [0.717, 1.165) is 15.9 Å². The van der Waals surface area contributed by atoms with Crippen LogP contribution >= 0.6 is 27.7 Å². The van der Waals surface area contributed by atoms with E-state index in [-0.39, 0.29) is 11.8 Å². The molecule has 2 rings (SSSR count). The van der Waals surface area contributed by atoms with Gasteiger partial charge in [-0.1, -0.05) is 39.8 Å². The normalized spacial score (nSPS) is 12.3. The Balaban J connectivity index is 2.28. The molecule has 106 valence electrons. The second-order valence-electron chi connectivity index (χ2n) is 4.31. The van der Waals surface area contributed by atoms with E-state index in [9.17, 15) is 4.79 Å². The van der Waals surface area contributed by atoms with E-state index < -0.39 is 5.97 Å². The summed E-state index contributed by atoms with van der Waals surface area (Å²) in [5.74, 6) is -0.114. The number of carboxylic acids is 1. The quantitative estimate of drug-likeness (QED) is 0.834. The molecule has 0 spiro atoms. The molecule has 5 nitrogen and oxygen atoms in total. The molecule has 7 heteroatoms. The number of aliphatic carboxylic acids is 1. The molecular formula is C13H14BrN3O2S. The number of halogens is 1. The molecular weight excluding hydrogens is 342 g/mol. The first kappa shape index (κ1) is 15.1. The average molecular weight is 356 g/mol. The number of aromatic nitrogens is 3. The minimum atomic E-state index is -0.863. The molecule has 0 saturated carbocycles. The van der Waals surface area contributed by atoms with Crippen LogP contribution in [0.2, 0.25) is 0 Å². The second kappa shape index (κ2) is 6.41. The lowest BCUT2D eigenvalue weighted by atomic mass is 10.1. The third kappa shape index (κ3) is 3.40. The van der Waals surface area contributed by atoms with E-state index in [0.29, 0.717) is 5.16 Å². The minimum absolute atomic E-state index is 0.0226. The number of carbonyl (C=O) groups is 1. The summed E-state index contributed by atoms with van der Waals surface area (Å²) in [5.41, 5.74) is 1.12. The molecule has 1 heterocycles. The average Bonchev–Trinajstić information content (AvgIpc) is 2.77. The van der Waals surface area contributed by atoms with Gasteiger partial charge >= 0.3 is 5.97 Å². The third-order valence-electron chi connectivity index (χ3n) is 2.90. The highest BCUT2D eigenvalue weighted by Crippen LogP contribution is 2.26. The van der Waals surface area contributed by atoms with E-state index in [2.05, 4.69) is 26.1 Å². The van der Waals surface area contributed by atoms with Gasteiger partial charge in [0.1, 0.15) is 5.82 Å². The molecule has 0 saturated heterocycles. The smallest absolute Gasteiger partial charge is 0.313 e. The van der Waals surface area contributed by atoms with Crippen molar-refractivity contribution < 1.29 is 9.90 Å². The lowest BCUT2D eigenvalue weighted by Gasteiger charge is -2.17. The molecule has 0 fully saturated rings. The summed E-state index contributed by atoms with van der Waals surface area (Å²) in [4.78, 5) is 10.7. The molecule has 0 aliphatic heterocycles. The molecule has 1 aromatic heterocycles. The Morgan fingerprint density at radius 3 is 2.65 bits per heavy atom.